The Balaban J connectivity index is 3.39. The molecule has 0 radical (unpaired) electrons. The zero-order chi connectivity index (χ0) is 7.98. The fraction of sp³-hybridized carbons (Fsp3) is 1.00. The van der Waals surface area contributed by atoms with Crippen LogP contribution in [0.5, 0.6) is 0 Å². The van der Waals surface area contributed by atoms with Crippen molar-refractivity contribution in [3.05, 3.63) is 0 Å². The maximum absolute atomic E-state index is 9.12. The smallest absolute Gasteiger partial charge is 0.169 e. The van der Waals surface area contributed by atoms with Gasteiger partial charge in [-0.05, 0) is 38.0 Å². The van der Waals surface area contributed by atoms with Crippen LogP contribution in [0.25, 0.3) is 0 Å². The molecule has 0 heterocycles. The second-order valence-electron chi connectivity index (χ2n) is 2.76. The van der Waals surface area contributed by atoms with E-state index in [9.17, 15) is 0 Å². The summed E-state index contributed by atoms with van der Waals surface area (Å²) < 4.78 is 0. The van der Waals surface area contributed by atoms with Gasteiger partial charge in [-0.25, -0.2) is 0 Å². The lowest BCUT2D eigenvalue weighted by atomic mass is 10.1. The Labute approximate surface area is 64.1 Å². The van der Waals surface area contributed by atoms with E-state index in [0.29, 0.717) is 19.0 Å². The zero-order valence-electron chi connectivity index (χ0n) is 6.59. The van der Waals surface area contributed by atoms with Gasteiger partial charge in [-0.3, -0.25) is 0 Å². The van der Waals surface area contributed by atoms with Gasteiger partial charge in [-0.2, -0.15) is 0 Å². The average molecular weight is 162 g/mol. The summed E-state index contributed by atoms with van der Waals surface area (Å²) in [6.07, 6.45) is 0.953. The van der Waals surface area contributed by atoms with Crippen molar-refractivity contribution in [2.45, 2.75) is 19.0 Å². The predicted molar refractivity (Wildman–Crippen MR) is 46.3 cm³/mol. The molecule has 10 heavy (non-hydrogen) atoms. The minimum Gasteiger partial charge on any atom is -0.435 e. The first kappa shape index (κ1) is 10.1. The first-order valence-corrected chi connectivity index (χ1v) is 6.27. The van der Waals surface area contributed by atoms with Crippen LogP contribution in [0.2, 0.25) is 12.6 Å². The lowest BCUT2D eigenvalue weighted by molar-refractivity contribution is 0.503. The maximum atomic E-state index is 9.12. The molecule has 0 aromatic carbocycles. The number of nitrogens with two attached hydrogens (primary N) is 2. The summed E-state index contributed by atoms with van der Waals surface area (Å²) in [5.41, 5.74) is 10.8. The van der Waals surface area contributed by atoms with Crippen molar-refractivity contribution in [3.63, 3.8) is 0 Å². The van der Waals surface area contributed by atoms with Crippen LogP contribution >= 0.6 is 0 Å². The van der Waals surface area contributed by atoms with E-state index < -0.39 is 9.04 Å². The van der Waals surface area contributed by atoms with E-state index in [1.165, 1.54) is 0 Å². The minimum absolute atomic E-state index is 0.455. The van der Waals surface area contributed by atoms with Gasteiger partial charge >= 0.3 is 0 Å². The highest BCUT2D eigenvalue weighted by Crippen LogP contribution is 2.07. The summed E-state index contributed by atoms with van der Waals surface area (Å²) in [6, 6.07) is 0.910. The number of hydrogen-bond donors (Lipinski definition) is 3. The van der Waals surface area contributed by atoms with E-state index in [1.807, 2.05) is 6.55 Å². The minimum atomic E-state index is -1.41. The van der Waals surface area contributed by atoms with E-state index >= 15 is 0 Å². The molecule has 5 N–H and O–H groups in total. The third-order valence-corrected chi connectivity index (χ3v) is 2.93. The van der Waals surface area contributed by atoms with Crippen LogP contribution in [0.1, 0.15) is 6.42 Å². The largest absolute Gasteiger partial charge is 0.435 e. The molecule has 0 aliphatic heterocycles. The van der Waals surface area contributed by atoms with E-state index in [0.717, 1.165) is 12.5 Å². The summed E-state index contributed by atoms with van der Waals surface area (Å²) >= 11 is 0. The fourth-order valence-corrected chi connectivity index (χ4v) is 2.44. The summed E-state index contributed by atoms with van der Waals surface area (Å²) in [4.78, 5) is 9.12. The summed E-state index contributed by atoms with van der Waals surface area (Å²) in [5.74, 6) is 0.455. The molecule has 0 amide bonds. The SMILES string of the molecule is C[SiH](O)CC(CN)CCN. The van der Waals surface area contributed by atoms with Crippen LogP contribution in [0.3, 0.4) is 0 Å². The van der Waals surface area contributed by atoms with E-state index in [-0.39, 0.29) is 0 Å². The van der Waals surface area contributed by atoms with Gasteiger partial charge in [0.25, 0.3) is 0 Å². The van der Waals surface area contributed by atoms with Gasteiger partial charge in [0, 0.05) is 0 Å². The molecule has 0 fully saturated rings. The molecular weight excluding hydrogens is 144 g/mol. The summed E-state index contributed by atoms with van der Waals surface area (Å²) in [5, 5.41) is 0. The second-order valence-corrected chi connectivity index (χ2v) is 4.93. The standard InChI is InChI=1S/C6H18N2OSi/c1-10(9)5-6(4-8)2-3-7/h6,9-10H,2-5,7-8H2,1H3. The highest BCUT2D eigenvalue weighted by molar-refractivity contribution is 6.48. The molecule has 0 spiro atoms. The van der Waals surface area contributed by atoms with Crippen LogP contribution in [0, 0.1) is 5.92 Å². The van der Waals surface area contributed by atoms with Gasteiger partial charge in [0.05, 0.1) is 0 Å². The van der Waals surface area contributed by atoms with Crippen molar-refractivity contribution in [1.82, 2.24) is 0 Å². The van der Waals surface area contributed by atoms with E-state index in [2.05, 4.69) is 0 Å². The molecule has 4 heteroatoms. The molecule has 0 saturated carbocycles. The molecule has 3 nitrogen and oxygen atoms in total. The molecule has 0 aromatic heterocycles. The Kier molecular flexibility index (Phi) is 5.91. The maximum Gasteiger partial charge on any atom is 0.169 e. The zero-order valence-corrected chi connectivity index (χ0v) is 7.74. The highest BCUT2D eigenvalue weighted by atomic mass is 28.3. The second kappa shape index (κ2) is 5.85. The summed E-state index contributed by atoms with van der Waals surface area (Å²) in [6.45, 7) is 3.26. The molecule has 0 aliphatic rings. The van der Waals surface area contributed by atoms with Crippen molar-refractivity contribution in [2.75, 3.05) is 13.1 Å². The molecule has 0 aromatic rings. The van der Waals surface area contributed by atoms with Gasteiger partial charge in [0.15, 0.2) is 9.04 Å². The molecule has 0 bridgehead atoms. The third kappa shape index (κ3) is 4.93. The van der Waals surface area contributed by atoms with Crippen LogP contribution < -0.4 is 11.5 Å². The average Bonchev–Trinajstić information content (AvgIpc) is 1.86. The van der Waals surface area contributed by atoms with Crippen LogP contribution in [0.15, 0.2) is 0 Å². The Hall–Kier alpha value is 0.0969. The number of rotatable bonds is 5. The molecule has 0 saturated heterocycles. The van der Waals surface area contributed by atoms with Crippen molar-refractivity contribution >= 4 is 9.04 Å². The van der Waals surface area contributed by atoms with Crippen LogP contribution in [0.4, 0.5) is 0 Å². The fourth-order valence-electron chi connectivity index (χ4n) is 1.05. The number of hydrogen-bond acceptors (Lipinski definition) is 3. The van der Waals surface area contributed by atoms with Gasteiger partial charge in [-0.1, -0.05) is 0 Å². The molecule has 2 atom stereocenters. The van der Waals surface area contributed by atoms with Crippen molar-refractivity contribution in [3.8, 4) is 0 Å². The Bertz CT molecular complexity index is 80.1. The summed E-state index contributed by atoms with van der Waals surface area (Å²) in [7, 11) is -1.41. The van der Waals surface area contributed by atoms with Gasteiger partial charge in [0.1, 0.15) is 0 Å². The lowest BCUT2D eigenvalue weighted by Gasteiger charge is -2.13. The molecular formula is C6H18N2OSi. The molecule has 62 valence electrons. The monoisotopic (exact) mass is 162 g/mol. The van der Waals surface area contributed by atoms with Crippen molar-refractivity contribution < 1.29 is 4.80 Å². The molecule has 2 unspecified atom stereocenters. The topological polar surface area (TPSA) is 72.3 Å². The van der Waals surface area contributed by atoms with Crippen LogP contribution in [-0.4, -0.2) is 26.9 Å². The Morgan fingerprint density at radius 2 is 2.10 bits per heavy atom. The quantitative estimate of drug-likeness (QED) is 0.466. The Morgan fingerprint density at radius 3 is 2.40 bits per heavy atom. The van der Waals surface area contributed by atoms with Crippen LogP contribution in [-0.2, 0) is 0 Å². The van der Waals surface area contributed by atoms with Crippen molar-refractivity contribution in [2.24, 2.45) is 17.4 Å². The van der Waals surface area contributed by atoms with Crippen molar-refractivity contribution in [1.29, 1.82) is 0 Å². The van der Waals surface area contributed by atoms with E-state index in [4.69, 9.17) is 16.3 Å². The third-order valence-electron chi connectivity index (χ3n) is 1.58. The van der Waals surface area contributed by atoms with E-state index in [1.54, 1.807) is 0 Å². The molecule has 0 aliphatic carbocycles. The highest BCUT2D eigenvalue weighted by Gasteiger charge is 2.09. The lowest BCUT2D eigenvalue weighted by Crippen LogP contribution is -2.23. The normalized spacial score (nSPS) is 16.8. The van der Waals surface area contributed by atoms with Gasteiger partial charge in [0.2, 0.25) is 0 Å². The predicted octanol–water partition coefficient (Wildman–Crippen LogP) is -0.744. The van der Waals surface area contributed by atoms with Gasteiger partial charge < -0.3 is 16.3 Å². The van der Waals surface area contributed by atoms with Gasteiger partial charge in [-0.15, -0.1) is 0 Å². The molecule has 0 rings (SSSR count). The first-order valence-electron chi connectivity index (χ1n) is 3.79. The first-order chi connectivity index (χ1) is 4.70. The Morgan fingerprint density at radius 1 is 1.50 bits per heavy atom.